The molecule has 0 aromatic carbocycles. The van der Waals surface area contributed by atoms with Crippen molar-refractivity contribution in [3.8, 4) is 0 Å². The molecule has 19 heavy (non-hydrogen) atoms. The molecular weight excluding hydrogens is 264 g/mol. The Morgan fingerprint density at radius 3 is 3.11 bits per heavy atom. The molecule has 3 rings (SSSR count). The van der Waals surface area contributed by atoms with Gasteiger partial charge in [0.15, 0.2) is 5.65 Å². The van der Waals surface area contributed by atoms with E-state index < -0.39 is 0 Å². The van der Waals surface area contributed by atoms with E-state index in [2.05, 4.69) is 15.3 Å². The van der Waals surface area contributed by atoms with E-state index in [1.165, 1.54) is 0 Å². The third-order valence-corrected chi connectivity index (χ3v) is 3.52. The van der Waals surface area contributed by atoms with Gasteiger partial charge in [-0.25, -0.2) is 9.97 Å². The molecule has 0 saturated heterocycles. The summed E-state index contributed by atoms with van der Waals surface area (Å²) in [7, 11) is 0. The number of alkyl halides is 1. The minimum absolute atomic E-state index is 0.157. The van der Waals surface area contributed by atoms with Crippen LogP contribution < -0.4 is 5.32 Å². The number of hydrogen-bond acceptors (Lipinski definition) is 3. The molecule has 100 valence electrons. The first-order chi connectivity index (χ1) is 9.29. The molecule has 1 aliphatic rings. The van der Waals surface area contributed by atoms with Crippen LogP contribution >= 0.6 is 11.6 Å². The minimum atomic E-state index is 0.157. The molecule has 0 spiro atoms. The van der Waals surface area contributed by atoms with Crippen LogP contribution in [0.1, 0.15) is 18.7 Å². The van der Waals surface area contributed by atoms with Crippen LogP contribution in [-0.4, -0.2) is 27.0 Å². The minimum Gasteiger partial charge on any atom is -0.354 e. The van der Waals surface area contributed by atoms with Crippen LogP contribution in [0.15, 0.2) is 18.3 Å². The molecular formula is C13H15ClN4O. The van der Waals surface area contributed by atoms with E-state index in [0.29, 0.717) is 19.0 Å². The zero-order valence-corrected chi connectivity index (χ0v) is 11.2. The summed E-state index contributed by atoms with van der Waals surface area (Å²) in [4.78, 5) is 20.3. The molecule has 2 aromatic heterocycles. The molecule has 6 heteroatoms. The summed E-state index contributed by atoms with van der Waals surface area (Å²) < 4.78 is 1.97. The number of nitrogens with one attached hydrogen (secondary N) is 1. The molecule has 1 fully saturated rings. The summed E-state index contributed by atoms with van der Waals surface area (Å²) in [6, 6.07) is 3.77. The number of aromatic nitrogens is 3. The SMILES string of the molecule is O=C(NCCn1c(CCl)nc2cccnc21)C1CC1. The van der Waals surface area contributed by atoms with Crippen LogP contribution in [0, 0.1) is 5.92 Å². The monoisotopic (exact) mass is 278 g/mol. The molecule has 1 saturated carbocycles. The Kier molecular flexibility index (Phi) is 3.38. The quantitative estimate of drug-likeness (QED) is 0.847. The first-order valence-electron chi connectivity index (χ1n) is 6.43. The summed E-state index contributed by atoms with van der Waals surface area (Å²) in [6.07, 6.45) is 3.78. The Balaban J connectivity index is 1.73. The number of rotatable bonds is 5. The first-order valence-corrected chi connectivity index (χ1v) is 6.97. The molecule has 0 bridgehead atoms. The van der Waals surface area contributed by atoms with Crippen molar-refractivity contribution >= 4 is 28.7 Å². The maximum Gasteiger partial charge on any atom is 0.223 e. The van der Waals surface area contributed by atoms with Gasteiger partial charge in [0, 0.05) is 25.2 Å². The molecule has 1 amide bonds. The third-order valence-electron chi connectivity index (χ3n) is 3.29. The predicted octanol–water partition coefficient (Wildman–Crippen LogP) is 1.70. The summed E-state index contributed by atoms with van der Waals surface area (Å²) in [5.74, 6) is 1.53. The van der Waals surface area contributed by atoms with Gasteiger partial charge in [0.1, 0.15) is 11.3 Å². The van der Waals surface area contributed by atoms with Crippen molar-refractivity contribution in [3.63, 3.8) is 0 Å². The van der Waals surface area contributed by atoms with E-state index in [1.807, 2.05) is 16.7 Å². The van der Waals surface area contributed by atoms with Crippen molar-refractivity contribution in [2.45, 2.75) is 25.3 Å². The summed E-state index contributed by atoms with van der Waals surface area (Å²) in [6.45, 7) is 1.23. The topological polar surface area (TPSA) is 59.8 Å². The van der Waals surface area contributed by atoms with Gasteiger partial charge < -0.3 is 9.88 Å². The number of carbonyl (C=O) groups excluding carboxylic acids is 1. The van der Waals surface area contributed by atoms with Crippen molar-refractivity contribution in [1.29, 1.82) is 0 Å². The number of fused-ring (bicyclic) bond motifs is 1. The van der Waals surface area contributed by atoms with Gasteiger partial charge in [-0.15, -0.1) is 11.6 Å². The normalized spacial score (nSPS) is 14.8. The van der Waals surface area contributed by atoms with Gasteiger partial charge in [0.25, 0.3) is 0 Å². The smallest absolute Gasteiger partial charge is 0.223 e. The summed E-state index contributed by atoms with van der Waals surface area (Å²) >= 11 is 5.91. The van der Waals surface area contributed by atoms with Gasteiger partial charge in [0.2, 0.25) is 5.91 Å². The number of pyridine rings is 1. The molecule has 2 aromatic rings. The number of amides is 1. The number of imidazole rings is 1. The average Bonchev–Trinajstić information content (AvgIpc) is 3.22. The Morgan fingerprint density at radius 2 is 2.37 bits per heavy atom. The molecule has 0 aliphatic heterocycles. The van der Waals surface area contributed by atoms with E-state index in [0.717, 1.165) is 29.8 Å². The first kappa shape index (κ1) is 12.4. The van der Waals surface area contributed by atoms with E-state index >= 15 is 0 Å². The van der Waals surface area contributed by atoms with Gasteiger partial charge >= 0.3 is 0 Å². The largest absolute Gasteiger partial charge is 0.354 e. The lowest BCUT2D eigenvalue weighted by atomic mass is 10.4. The summed E-state index contributed by atoms with van der Waals surface area (Å²) in [5, 5.41) is 2.94. The lowest BCUT2D eigenvalue weighted by Gasteiger charge is -2.08. The molecule has 5 nitrogen and oxygen atoms in total. The van der Waals surface area contributed by atoms with Crippen molar-refractivity contribution in [2.75, 3.05) is 6.54 Å². The standard InChI is InChI=1S/C13H15ClN4O/c14-8-11-17-10-2-1-5-15-12(10)18(11)7-6-16-13(19)9-3-4-9/h1-2,5,9H,3-4,6-8H2,(H,16,19). The maximum atomic E-state index is 11.6. The number of hydrogen-bond donors (Lipinski definition) is 1. The zero-order valence-electron chi connectivity index (χ0n) is 10.5. The highest BCUT2D eigenvalue weighted by Crippen LogP contribution is 2.28. The number of nitrogens with zero attached hydrogens (tertiary/aromatic N) is 3. The maximum absolute atomic E-state index is 11.6. The fourth-order valence-corrected chi connectivity index (χ4v) is 2.33. The van der Waals surface area contributed by atoms with Gasteiger partial charge in [-0.05, 0) is 25.0 Å². The van der Waals surface area contributed by atoms with E-state index in [-0.39, 0.29) is 11.8 Å². The Hall–Kier alpha value is -1.62. The van der Waals surface area contributed by atoms with Gasteiger partial charge in [-0.2, -0.15) is 0 Å². The molecule has 1 aliphatic carbocycles. The Bertz CT molecular complexity index is 606. The van der Waals surface area contributed by atoms with E-state index in [9.17, 15) is 4.79 Å². The highest BCUT2D eigenvalue weighted by Gasteiger charge is 2.29. The van der Waals surface area contributed by atoms with Gasteiger partial charge in [0.05, 0.1) is 5.88 Å². The highest BCUT2D eigenvalue weighted by molar-refractivity contribution is 6.16. The van der Waals surface area contributed by atoms with Crippen molar-refractivity contribution in [1.82, 2.24) is 19.9 Å². The van der Waals surface area contributed by atoms with Gasteiger partial charge in [-0.3, -0.25) is 4.79 Å². The lowest BCUT2D eigenvalue weighted by Crippen LogP contribution is -2.28. The second kappa shape index (κ2) is 5.17. The Morgan fingerprint density at radius 1 is 1.53 bits per heavy atom. The second-order valence-corrected chi connectivity index (χ2v) is 4.99. The number of halogens is 1. The molecule has 1 N–H and O–H groups in total. The van der Waals surface area contributed by atoms with Crippen LogP contribution in [0.4, 0.5) is 0 Å². The van der Waals surface area contributed by atoms with Crippen molar-refractivity contribution < 1.29 is 4.79 Å². The van der Waals surface area contributed by atoms with Crippen LogP contribution in [0.3, 0.4) is 0 Å². The highest BCUT2D eigenvalue weighted by atomic mass is 35.5. The zero-order chi connectivity index (χ0) is 13.2. The second-order valence-electron chi connectivity index (χ2n) is 4.72. The average molecular weight is 279 g/mol. The lowest BCUT2D eigenvalue weighted by molar-refractivity contribution is -0.122. The van der Waals surface area contributed by atoms with Crippen molar-refractivity contribution in [3.05, 3.63) is 24.2 Å². The van der Waals surface area contributed by atoms with Crippen LogP contribution in [0.2, 0.25) is 0 Å². The summed E-state index contributed by atoms with van der Waals surface area (Å²) in [5.41, 5.74) is 1.66. The number of carbonyl (C=O) groups is 1. The molecule has 0 atom stereocenters. The molecule has 0 unspecified atom stereocenters. The van der Waals surface area contributed by atoms with Crippen LogP contribution in [0.5, 0.6) is 0 Å². The fraction of sp³-hybridized carbons (Fsp3) is 0.462. The van der Waals surface area contributed by atoms with Crippen LogP contribution in [0.25, 0.3) is 11.2 Å². The van der Waals surface area contributed by atoms with Gasteiger partial charge in [-0.1, -0.05) is 0 Å². The molecule has 2 heterocycles. The third kappa shape index (κ3) is 2.56. The Labute approximate surface area is 116 Å². The van der Waals surface area contributed by atoms with Crippen molar-refractivity contribution in [2.24, 2.45) is 5.92 Å². The van der Waals surface area contributed by atoms with E-state index in [1.54, 1.807) is 6.20 Å². The molecule has 0 radical (unpaired) electrons. The van der Waals surface area contributed by atoms with Crippen LogP contribution in [-0.2, 0) is 17.2 Å². The van der Waals surface area contributed by atoms with E-state index in [4.69, 9.17) is 11.6 Å². The fourth-order valence-electron chi connectivity index (χ4n) is 2.12. The predicted molar refractivity (Wildman–Crippen MR) is 72.8 cm³/mol.